The highest BCUT2D eigenvalue weighted by molar-refractivity contribution is 4.89. The van der Waals surface area contributed by atoms with E-state index in [4.69, 9.17) is 0 Å². The van der Waals surface area contributed by atoms with Crippen LogP contribution in [0.5, 0.6) is 0 Å². The van der Waals surface area contributed by atoms with Crippen molar-refractivity contribution in [2.24, 2.45) is 21.7 Å². The average Bonchev–Trinajstić information content (AvgIpc) is 2.34. The van der Waals surface area contributed by atoms with Crippen molar-refractivity contribution in [3.05, 3.63) is 24.3 Å². The number of allylic oxidation sites excluding steroid dienone is 4. The molecule has 0 heterocycles. The molecular formula is C29H64. The Morgan fingerprint density at radius 1 is 0.483 bits per heavy atom. The highest BCUT2D eigenvalue weighted by Gasteiger charge is 2.06. The van der Waals surface area contributed by atoms with Crippen molar-refractivity contribution >= 4 is 0 Å². The van der Waals surface area contributed by atoms with Crippen LogP contribution in [0.1, 0.15) is 144 Å². The Bertz CT molecular complexity index is 315. The highest BCUT2D eigenvalue weighted by atomic mass is 14.1. The van der Waals surface area contributed by atoms with Crippen LogP contribution in [-0.4, -0.2) is 0 Å². The molecule has 0 nitrogen and oxygen atoms in total. The summed E-state index contributed by atoms with van der Waals surface area (Å²) < 4.78 is 0. The largest absolute Gasteiger partial charge is 0.0911 e. The molecule has 0 aromatic carbocycles. The van der Waals surface area contributed by atoms with E-state index in [-0.39, 0.29) is 7.43 Å². The van der Waals surface area contributed by atoms with Gasteiger partial charge in [0.15, 0.2) is 0 Å². The van der Waals surface area contributed by atoms with Crippen molar-refractivity contribution in [1.82, 2.24) is 0 Å². The Hall–Kier alpha value is -0.520. The van der Waals surface area contributed by atoms with Gasteiger partial charge in [-0.1, -0.05) is 142 Å². The Labute approximate surface area is 190 Å². The second-order valence-corrected chi connectivity index (χ2v) is 12.4. The third-order valence-electron chi connectivity index (χ3n) is 3.33. The fourth-order valence-corrected chi connectivity index (χ4v) is 2.50. The monoisotopic (exact) mass is 413 g/mol. The molecule has 0 aromatic heterocycles. The van der Waals surface area contributed by atoms with E-state index in [2.05, 4.69) is 121 Å². The second-order valence-electron chi connectivity index (χ2n) is 12.4. The molecule has 0 aliphatic carbocycles. The molecule has 29 heavy (non-hydrogen) atoms. The summed E-state index contributed by atoms with van der Waals surface area (Å²) in [5.41, 5.74) is 1.84. The van der Waals surface area contributed by atoms with Crippen molar-refractivity contribution in [2.45, 2.75) is 144 Å². The van der Waals surface area contributed by atoms with Gasteiger partial charge in [-0.05, 0) is 48.3 Å². The van der Waals surface area contributed by atoms with Gasteiger partial charge in [-0.25, -0.2) is 0 Å². The van der Waals surface area contributed by atoms with Gasteiger partial charge in [-0.3, -0.25) is 0 Å². The first kappa shape index (κ1) is 39.0. The quantitative estimate of drug-likeness (QED) is 0.395. The Kier molecular flexibility index (Phi) is 26.2. The van der Waals surface area contributed by atoms with E-state index in [0.29, 0.717) is 21.7 Å². The summed E-state index contributed by atoms with van der Waals surface area (Å²) in [4.78, 5) is 0. The normalized spacial score (nSPS) is 12.1. The van der Waals surface area contributed by atoms with Gasteiger partial charge in [0.1, 0.15) is 0 Å². The molecule has 180 valence electrons. The van der Waals surface area contributed by atoms with Crippen LogP contribution in [0.3, 0.4) is 0 Å². The van der Waals surface area contributed by atoms with Gasteiger partial charge in [0.25, 0.3) is 0 Å². The van der Waals surface area contributed by atoms with Crippen molar-refractivity contribution < 1.29 is 0 Å². The topological polar surface area (TPSA) is 0 Å². The Morgan fingerprint density at radius 3 is 0.690 bits per heavy atom. The zero-order valence-electron chi connectivity index (χ0n) is 23.1. The van der Waals surface area contributed by atoms with E-state index < -0.39 is 0 Å². The van der Waals surface area contributed by atoms with Crippen LogP contribution >= 0.6 is 0 Å². The highest BCUT2D eigenvalue weighted by Crippen LogP contribution is 2.20. The van der Waals surface area contributed by atoms with Gasteiger partial charge in [-0.15, -0.1) is 0 Å². The number of hydrogen-bond acceptors (Lipinski definition) is 0. The molecule has 0 spiro atoms. The summed E-state index contributed by atoms with van der Waals surface area (Å²) in [5.74, 6) is 0. The van der Waals surface area contributed by atoms with Gasteiger partial charge < -0.3 is 0 Å². The summed E-state index contributed by atoms with van der Waals surface area (Å²) in [6.45, 7) is 35.3. The molecular weight excluding hydrogens is 348 g/mol. The lowest BCUT2D eigenvalue weighted by Crippen LogP contribution is -2.02. The van der Waals surface area contributed by atoms with E-state index in [0.717, 1.165) is 0 Å². The van der Waals surface area contributed by atoms with Gasteiger partial charge in [0, 0.05) is 0 Å². The summed E-state index contributed by atoms with van der Waals surface area (Å²) in [6.07, 6.45) is 13.8. The van der Waals surface area contributed by atoms with E-state index >= 15 is 0 Å². The van der Waals surface area contributed by atoms with Crippen LogP contribution in [0, 0.1) is 21.7 Å². The van der Waals surface area contributed by atoms with Gasteiger partial charge >= 0.3 is 0 Å². The molecule has 0 saturated heterocycles. The first-order chi connectivity index (χ1) is 12.2. The Morgan fingerprint density at radius 2 is 0.690 bits per heavy atom. The molecule has 0 fully saturated rings. The third-order valence-corrected chi connectivity index (χ3v) is 3.33. The average molecular weight is 413 g/mol. The second kappa shape index (κ2) is 19.4. The van der Waals surface area contributed by atoms with Crippen molar-refractivity contribution in [1.29, 1.82) is 0 Å². The minimum absolute atomic E-state index is 0. The van der Waals surface area contributed by atoms with Gasteiger partial charge in [0.05, 0.1) is 0 Å². The molecule has 0 atom stereocenters. The summed E-state index contributed by atoms with van der Waals surface area (Å²) in [6, 6.07) is 0. The fourth-order valence-electron chi connectivity index (χ4n) is 2.50. The van der Waals surface area contributed by atoms with Crippen LogP contribution in [-0.2, 0) is 0 Å². The first-order valence-electron chi connectivity index (χ1n) is 11.5. The molecule has 0 aromatic rings. The lowest BCUT2D eigenvalue weighted by Gasteiger charge is -2.15. The molecule has 0 unspecified atom stereocenters. The van der Waals surface area contributed by atoms with Crippen LogP contribution in [0.2, 0.25) is 0 Å². The van der Waals surface area contributed by atoms with Crippen molar-refractivity contribution in [3.8, 4) is 0 Å². The molecule has 0 N–H and O–H groups in total. The molecule has 0 aliphatic rings. The van der Waals surface area contributed by atoms with E-state index in [1.54, 1.807) is 0 Å². The smallest absolute Gasteiger partial charge is 0.0203 e. The van der Waals surface area contributed by atoms with Crippen LogP contribution in [0.15, 0.2) is 24.3 Å². The lowest BCUT2D eigenvalue weighted by atomic mass is 9.91. The maximum Gasteiger partial charge on any atom is -0.0203 e. The molecule has 0 amide bonds. The maximum atomic E-state index is 2.27. The number of hydrogen-bond donors (Lipinski definition) is 0. The molecule has 0 rings (SSSR count). The van der Waals surface area contributed by atoms with Crippen LogP contribution < -0.4 is 0 Å². The molecule has 0 aliphatic heterocycles. The fraction of sp³-hybridized carbons (Fsp3) is 0.862. The predicted molar refractivity (Wildman–Crippen MR) is 144 cm³/mol. The molecule has 0 radical (unpaired) electrons. The number of rotatable bonds is 2. The zero-order chi connectivity index (χ0) is 23.7. The molecule has 0 heteroatoms. The SMILES string of the molecule is C.C/C=C/C(C)(C)C.C/C=C/C(C)(C)C.CCCC(C)(C)C.CCCC(C)(C)C. The lowest BCUT2D eigenvalue weighted by molar-refractivity contribution is 0.373. The predicted octanol–water partition coefficient (Wildman–Crippen LogP) is 11.5. The summed E-state index contributed by atoms with van der Waals surface area (Å²) >= 11 is 0. The third kappa shape index (κ3) is 74.5. The van der Waals surface area contributed by atoms with Crippen molar-refractivity contribution in [2.75, 3.05) is 0 Å². The van der Waals surface area contributed by atoms with E-state index in [1.165, 1.54) is 25.7 Å². The summed E-state index contributed by atoms with van der Waals surface area (Å²) in [5, 5.41) is 0. The molecule has 0 saturated carbocycles. The zero-order valence-corrected chi connectivity index (χ0v) is 23.1. The minimum atomic E-state index is 0. The summed E-state index contributed by atoms with van der Waals surface area (Å²) in [7, 11) is 0. The first-order valence-corrected chi connectivity index (χ1v) is 11.5. The van der Waals surface area contributed by atoms with Crippen LogP contribution in [0.4, 0.5) is 0 Å². The van der Waals surface area contributed by atoms with E-state index in [1.807, 2.05) is 13.8 Å². The molecule has 0 bridgehead atoms. The maximum absolute atomic E-state index is 2.27. The standard InChI is InChI=1S/2C7H16.2C7H14.CH4/c4*1-5-6-7(2,3)4;/h2*5-6H2,1-4H3;2*5-6H,1-4H3;1H4/b;;2*6-5+;. The van der Waals surface area contributed by atoms with Crippen LogP contribution in [0.25, 0.3) is 0 Å². The minimum Gasteiger partial charge on any atom is -0.0911 e. The Balaban J connectivity index is -0.0000000873. The van der Waals surface area contributed by atoms with Gasteiger partial charge in [-0.2, -0.15) is 0 Å². The van der Waals surface area contributed by atoms with Crippen molar-refractivity contribution in [3.63, 3.8) is 0 Å². The van der Waals surface area contributed by atoms with Gasteiger partial charge in [0.2, 0.25) is 0 Å². The van der Waals surface area contributed by atoms with E-state index in [9.17, 15) is 0 Å².